The van der Waals surface area contributed by atoms with Crippen molar-refractivity contribution in [3.05, 3.63) is 144 Å². The summed E-state index contributed by atoms with van der Waals surface area (Å²) < 4.78 is 11.5. The van der Waals surface area contributed by atoms with Gasteiger partial charge in [-0.05, 0) is 65.9 Å². The first kappa shape index (κ1) is 35.2. The van der Waals surface area contributed by atoms with Gasteiger partial charge in [0.15, 0.2) is 6.23 Å². The van der Waals surface area contributed by atoms with E-state index < -0.39 is 12.3 Å². The predicted octanol–water partition coefficient (Wildman–Crippen LogP) is 7.89. The van der Waals surface area contributed by atoms with E-state index >= 15 is 0 Å². The zero-order chi connectivity index (χ0) is 37.0. The van der Waals surface area contributed by atoms with Gasteiger partial charge in [0.1, 0.15) is 18.5 Å². The molecule has 5 aromatic rings. The van der Waals surface area contributed by atoms with Crippen LogP contribution in [0.15, 0.2) is 127 Å². The van der Waals surface area contributed by atoms with Crippen LogP contribution in [-0.4, -0.2) is 82.4 Å². The Morgan fingerprint density at radius 2 is 1.52 bits per heavy atom. The first-order valence-corrected chi connectivity index (χ1v) is 18.6. The van der Waals surface area contributed by atoms with Crippen LogP contribution in [0.1, 0.15) is 53.9 Å². The number of carbonyl (C=O) groups is 2. The number of amides is 2. The normalized spacial score (nSPS) is 18.9. The van der Waals surface area contributed by atoms with Gasteiger partial charge in [-0.2, -0.15) is 0 Å². The second-order valence-electron chi connectivity index (χ2n) is 14.2. The molecule has 10 nitrogen and oxygen atoms in total. The lowest BCUT2D eigenvalue weighted by Gasteiger charge is -2.31. The number of aromatic amines is 1. The number of likely N-dealkylation sites (tertiary alicyclic amines) is 1. The number of ether oxygens (including phenoxy) is 2. The molecule has 1 aromatic heterocycles. The molecule has 274 valence electrons. The highest BCUT2D eigenvalue weighted by atomic mass is 16.6. The number of rotatable bonds is 10. The zero-order valence-electron chi connectivity index (χ0n) is 30.6. The summed E-state index contributed by atoms with van der Waals surface area (Å²) in [6.45, 7) is 1.85. The number of likely N-dealkylation sites (N-methyl/N-ethyl adjacent to an activating group) is 1. The maximum absolute atomic E-state index is 13.9. The van der Waals surface area contributed by atoms with Crippen LogP contribution in [-0.2, 0) is 20.9 Å². The molecule has 0 radical (unpaired) electrons. The van der Waals surface area contributed by atoms with Crippen molar-refractivity contribution in [2.75, 3.05) is 33.8 Å². The highest BCUT2D eigenvalue weighted by molar-refractivity contribution is 6.02. The Balaban J connectivity index is 0.881. The second-order valence-corrected chi connectivity index (χ2v) is 14.2. The third kappa shape index (κ3) is 7.35. The fraction of sp³-hybridized carbons (Fsp3) is 0.273. The van der Waals surface area contributed by atoms with Gasteiger partial charge < -0.3 is 19.4 Å². The Hall–Kier alpha value is -5.84. The third-order valence-corrected chi connectivity index (χ3v) is 10.5. The number of aromatic nitrogens is 2. The summed E-state index contributed by atoms with van der Waals surface area (Å²) in [5.41, 5.74) is 9.07. The van der Waals surface area contributed by atoms with Crippen molar-refractivity contribution in [2.24, 2.45) is 4.99 Å². The summed E-state index contributed by atoms with van der Waals surface area (Å²) in [6, 6.07) is 36.1. The molecule has 0 unspecified atom stereocenters. The molecule has 1 N–H and O–H groups in total. The highest BCUT2D eigenvalue weighted by Crippen LogP contribution is 2.36. The summed E-state index contributed by atoms with van der Waals surface area (Å²) in [5.74, 6) is 0.926. The lowest BCUT2D eigenvalue weighted by atomic mass is 9.98. The van der Waals surface area contributed by atoms with Crippen molar-refractivity contribution >= 4 is 23.3 Å². The molecule has 4 heterocycles. The van der Waals surface area contributed by atoms with Crippen molar-refractivity contribution in [1.82, 2.24) is 24.7 Å². The maximum Gasteiger partial charge on any atom is 0.412 e. The number of nitrogens with one attached hydrogen (secondary N) is 1. The molecule has 0 spiro atoms. The largest absolute Gasteiger partial charge is 0.444 e. The lowest BCUT2D eigenvalue weighted by Crippen LogP contribution is -2.41. The van der Waals surface area contributed by atoms with Crippen molar-refractivity contribution in [3.8, 4) is 22.4 Å². The first-order valence-electron chi connectivity index (χ1n) is 18.6. The van der Waals surface area contributed by atoms with Crippen LogP contribution >= 0.6 is 0 Å². The molecule has 54 heavy (non-hydrogen) atoms. The minimum atomic E-state index is -0.527. The van der Waals surface area contributed by atoms with Crippen molar-refractivity contribution in [3.63, 3.8) is 0 Å². The van der Waals surface area contributed by atoms with Crippen molar-refractivity contribution < 1.29 is 19.1 Å². The van der Waals surface area contributed by atoms with Crippen LogP contribution in [0.4, 0.5) is 4.79 Å². The van der Waals surface area contributed by atoms with E-state index in [9.17, 15) is 9.59 Å². The van der Waals surface area contributed by atoms with E-state index in [1.807, 2.05) is 97.0 Å². The number of nitrogens with zero attached hydrogens (tertiary/aromatic N) is 5. The zero-order valence-corrected chi connectivity index (χ0v) is 30.6. The molecule has 2 amide bonds. The van der Waals surface area contributed by atoms with Crippen LogP contribution in [0.2, 0.25) is 0 Å². The van der Waals surface area contributed by atoms with Crippen molar-refractivity contribution in [2.45, 2.75) is 44.2 Å². The summed E-state index contributed by atoms with van der Waals surface area (Å²) in [6.07, 6.45) is 5.24. The molecule has 3 aliphatic rings. The van der Waals surface area contributed by atoms with Gasteiger partial charge >= 0.3 is 6.09 Å². The molecule has 2 fully saturated rings. The number of hydrogen-bond donors (Lipinski definition) is 1. The Labute approximate surface area is 315 Å². The molecule has 8 rings (SSSR count). The first-order chi connectivity index (χ1) is 26.4. The molecule has 3 atom stereocenters. The SMILES string of the molecule is CN(C)[C@@H](C(=O)N1CCC[C@H]1c1ncc(-c2ccc(-c3ccc(C4=CN=C([C@@H]5OCCN5C(=O)OCc5ccccc5)C4)cc3)cc2)[nH]1)c1ccccc1. The average molecular weight is 721 g/mol. The minimum Gasteiger partial charge on any atom is -0.444 e. The van der Waals surface area contributed by atoms with E-state index in [2.05, 4.69) is 58.5 Å². The van der Waals surface area contributed by atoms with E-state index in [0.29, 0.717) is 19.6 Å². The molecular weight excluding hydrogens is 677 g/mol. The Kier molecular flexibility index (Phi) is 10.2. The number of H-pyrrole nitrogens is 1. The monoisotopic (exact) mass is 720 g/mol. The maximum atomic E-state index is 13.9. The van der Waals surface area contributed by atoms with Gasteiger partial charge in [0.2, 0.25) is 5.91 Å². The van der Waals surface area contributed by atoms with Gasteiger partial charge in [-0.25, -0.2) is 9.78 Å². The molecule has 0 bridgehead atoms. The van der Waals surface area contributed by atoms with E-state index in [1.54, 1.807) is 4.90 Å². The molecule has 2 saturated heterocycles. The number of aliphatic imine (C=N–C) groups is 1. The van der Waals surface area contributed by atoms with Crippen LogP contribution in [0.3, 0.4) is 0 Å². The van der Waals surface area contributed by atoms with Gasteiger partial charge in [0.25, 0.3) is 0 Å². The van der Waals surface area contributed by atoms with Gasteiger partial charge in [-0.15, -0.1) is 0 Å². The van der Waals surface area contributed by atoms with Gasteiger partial charge in [0.05, 0.1) is 36.8 Å². The van der Waals surface area contributed by atoms with Crippen LogP contribution < -0.4 is 0 Å². The molecule has 4 aromatic carbocycles. The second kappa shape index (κ2) is 15.6. The van der Waals surface area contributed by atoms with E-state index in [1.165, 1.54) is 0 Å². The topological polar surface area (TPSA) is 103 Å². The number of allylic oxidation sites excluding steroid dienone is 1. The predicted molar refractivity (Wildman–Crippen MR) is 209 cm³/mol. The van der Waals surface area contributed by atoms with Gasteiger partial charge in [-0.3, -0.25) is 19.6 Å². The number of benzene rings is 4. The Bertz CT molecular complexity index is 2140. The quantitative estimate of drug-likeness (QED) is 0.158. The summed E-state index contributed by atoms with van der Waals surface area (Å²) in [5, 5.41) is 0. The number of imidazole rings is 1. The molecule has 0 saturated carbocycles. The van der Waals surface area contributed by atoms with Crippen LogP contribution in [0, 0.1) is 0 Å². The fourth-order valence-corrected chi connectivity index (χ4v) is 7.65. The summed E-state index contributed by atoms with van der Waals surface area (Å²) in [7, 11) is 3.91. The van der Waals surface area contributed by atoms with Gasteiger partial charge in [0, 0.05) is 19.2 Å². The van der Waals surface area contributed by atoms with Crippen LogP contribution in [0.25, 0.3) is 28.0 Å². The van der Waals surface area contributed by atoms with E-state index in [4.69, 9.17) is 14.5 Å². The fourth-order valence-electron chi connectivity index (χ4n) is 7.65. The molecule has 0 aliphatic carbocycles. The van der Waals surface area contributed by atoms with Gasteiger partial charge in [-0.1, -0.05) is 109 Å². The smallest absolute Gasteiger partial charge is 0.412 e. The summed E-state index contributed by atoms with van der Waals surface area (Å²) in [4.78, 5) is 45.4. The number of hydrogen-bond acceptors (Lipinski definition) is 7. The standard InChI is InChI=1S/C44H44N6O4/c1-48(2)40(35-12-7-4-8-13-35)42(51)49-23-9-14-39(49)41-46-28-38(47-41)34-21-19-32(20-22-34)31-15-17-33(18-16-31)36-26-37(45-27-36)43-50(24-25-53-43)44(52)54-29-30-10-5-3-6-11-30/h3-8,10-13,15-22,27-28,39-40,43H,9,14,23-26,29H2,1-2H3,(H,46,47)/t39-,40+,43-/m0/s1. The highest BCUT2D eigenvalue weighted by Gasteiger charge is 2.38. The average Bonchev–Trinajstić information content (AvgIpc) is 4.05. The molecule has 10 heteroatoms. The summed E-state index contributed by atoms with van der Waals surface area (Å²) >= 11 is 0. The minimum absolute atomic E-state index is 0.0854. The third-order valence-electron chi connectivity index (χ3n) is 10.5. The molecular formula is C44H44N6O4. The van der Waals surface area contributed by atoms with Crippen LogP contribution in [0.5, 0.6) is 0 Å². The molecule has 3 aliphatic heterocycles. The number of carbonyl (C=O) groups excluding carboxylic acids is 2. The lowest BCUT2D eigenvalue weighted by molar-refractivity contribution is -0.137. The van der Waals surface area contributed by atoms with E-state index in [0.717, 1.165) is 75.6 Å². The Morgan fingerprint density at radius 1 is 0.852 bits per heavy atom. The van der Waals surface area contributed by atoms with Crippen molar-refractivity contribution in [1.29, 1.82) is 0 Å². The Morgan fingerprint density at radius 3 is 2.22 bits per heavy atom. The van der Waals surface area contributed by atoms with E-state index in [-0.39, 0.29) is 24.6 Å².